The van der Waals surface area contributed by atoms with Gasteiger partial charge in [-0.3, -0.25) is 0 Å². The molecule has 0 atom stereocenters. The van der Waals surface area contributed by atoms with Crippen molar-refractivity contribution in [3.05, 3.63) is 69.1 Å². The maximum Gasteiger partial charge on any atom is 0.137 e. The van der Waals surface area contributed by atoms with Crippen molar-refractivity contribution in [1.29, 1.82) is 0 Å². The summed E-state index contributed by atoms with van der Waals surface area (Å²) < 4.78 is 25.6. The van der Waals surface area contributed by atoms with E-state index in [9.17, 15) is 8.78 Å². The van der Waals surface area contributed by atoms with E-state index in [1.807, 2.05) is 0 Å². The summed E-state index contributed by atoms with van der Waals surface area (Å²) in [4.78, 5) is 0. The van der Waals surface area contributed by atoms with Crippen LogP contribution in [0.3, 0.4) is 0 Å². The molecule has 84 valence electrons. The van der Waals surface area contributed by atoms with Crippen molar-refractivity contribution in [2.45, 2.75) is 0 Å². The molecule has 2 rings (SSSR count). The molecule has 0 nitrogen and oxygen atoms in total. The minimum atomic E-state index is -0.215. The highest BCUT2D eigenvalue weighted by Gasteiger charge is 1.91. The van der Waals surface area contributed by atoms with E-state index >= 15 is 0 Å². The lowest BCUT2D eigenvalue weighted by Crippen LogP contribution is -1.70. The maximum absolute atomic E-state index is 12.3. The van der Waals surface area contributed by atoms with Crippen LogP contribution in [0, 0.1) is 11.6 Å². The minimum absolute atomic E-state index is 0.215. The summed E-state index contributed by atoms with van der Waals surface area (Å²) in [5, 5.41) is 0. The number of halogens is 4. The summed E-state index contributed by atoms with van der Waals surface area (Å²) in [5.41, 5.74) is 0. The van der Waals surface area contributed by atoms with Crippen LogP contribution in [0.15, 0.2) is 57.5 Å². The second-order valence-electron chi connectivity index (χ2n) is 2.83. The standard InChI is InChI=1S/2C6H4BrF/c2*7-5-3-1-2-4-6(5)8/h2*1-4H. The van der Waals surface area contributed by atoms with E-state index in [-0.39, 0.29) is 11.6 Å². The molecule has 0 N–H and O–H groups in total. The van der Waals surface area contributed by atoms with Gasteiger partial charge in [0.05, 0.1) is 8.95 Å². The van der Waals surface area contributed by atoms with Gasteiger partial charge in [-0.1, -0.05) is 24.3 Å². The van der Waals surface area contributed by atoms with E-state index in [2.05, 4.69) is 31.9 Å². The summed E-state index contributed by atoms with van der Waals surface area (Å²) in [6, 6.07) is 13.0. The number of hydrogen-bond acceptors (Lipinski definition) is 0. The van der Waals surface area contributed by atoms with E-state index in [1.165, 1.54) is 12.1 Å². The molecule has 0 aliphatic heterocycles. The van der Waals surface area contributed by atoms with Crippen molar-refractivity contribution in [2.24, 2.45) is 0 Å². The zero-order valence-electron chi connectivity index (χ0n) is 8.13. The topological polar surface area (TPSA) is 0 Å². The highest BCUT2D eigenvalue weighted by molar-refractivity contribution is 9.10. The Kier molecular flexibility index (Phi) is 5.63. The molecule has 0 aromatic heterocycles. The molecule has 0 heterocycles. The first-order valence-electron chi connectivity index (χ1n) is 4.41. The molecule has 0 saturated carbocycles. The van der Waals surface area contributed by atoms with Crippen LogP contribution < -0.4 is 0 Å². The lowest BCUT2D eigenvalue weighted by Gasteiger charge is -1.87. The molecule has 0 aliphatic carbocycles. The van der Waals surface area contributed by atoms with E-state index < -0.39 is 0 Å². The van der Waals surface area contributed by atoms with Crippen LogP contribution >= 0.6 is 31.9 Å². The smallest absolute Gasteiger partial charge is 0.137 e. The van der Waals surface area contributed by atoms with Crippen molar-refractivity contribution in [3.8, 4) is 0 Å². The number of rotatable bonds is 0. The summed E-state index contributed by atoms with van der Waals surface area (Å²) in [5.74, 6) is -0.431. The van der Waals surface area contributed by atoms with E-state index in [4.69, 9.17) is 0 Å². The van der Waals surface area contributed by atoms with Gasteiger partial charge in [0.15, 0.2) is 0 Å². The third-order valence-corrected chi connectivity index (χ3v) is 2.93. The SMILES string of the molecule is Fc1ccccc1Br.Fc1ccccc1Br. The molecule has 4 heteroatoms. The van der Waals surface area contributed by atoms with Gasteiger partial charge in [-0.2, -0.15) is 0 Å². The predicted molar refractivity (Wildman–Crippen MR) is 68.2 cm³/mol. The Morgan fingerprint density at radius 2 is 0.938 bits per heavy atom. The van der Waals surface area contributed by atoms with Crippen LogP contribution in [0.4, 0.5) is 8.78 Å². The van der Waals surface area contributed by atoms with Crippen molar-refractivity contribution in [1.82, 2.24) is 0 Å². The van der Waals surface area contributed by atoms with Crippen LogP contribution in [0.25, 0.3) is 0 Å². The molecular weight excluding hydrogens is 342 g/mol. The number of benzene rings is 2. The van der Waals surface area contributed by atoms with Crippen molar-refractivity contribution < 1.29 is 8.78 Å². The fraction of sp³-hybridized carbons (Fsp3) is 0. The maximum atomic E-state index is 12.3. The lowest BCUT2D eigenvalue weighted by molar-refractivity contribution is 0.621. The third kappa shape index (κ3) is 4.41. The Hall–Kier alpha value is -0.740. The van der Waals surface area contributed by atoms with Crippen LogP contribution in [-0.4, -0.2) is 0 Å². The summed E-state index contributed by atoms with van der Waals surface area (Å²) in [6.07, 6.45) is 0. The molecule has 0 spiro atoms. The molecule has 0 saturated heterocycles. The van der Waals surface area contributed by atoms with Gasteiger partial charge in [0.1, 0.15) is 11.6 Å². The molecule has 0 radical (unpaired) electrons. The van der Waals surface area contributed by atoms with Gasteiger partial charge in [-0.25, -0.2) is 8.78 Å². The van der Waals surface area contributed by atoms with Gasteiger partial charge in [0.25, 0.3) is 0 Å². The molecule has 0 aliphatic rings. The normalized spacial score (nSPS) is 9.25. The van der Waals surface area contributed by atoms with Gasteiger partial charge in [0.2, 0.25) is 0 Å². The Balaban J connectivity index is 0.000000160. The van der Waals surface area contributed by atoms with Gasteiger partial charge in [0, 0.05) is 0 Å². The highest BCUT2D eigenvalue weighted by atomic mass is 79.9. The van der Waals surface area contributed by atoms with Gasteiger partial charge < -0.3 is 0 Å². The Bertz CT molecular complexity index is 373. The summed E-state index contributed by atoms with van der Waals surface area (Å²) >= 11 is 6.04. The molecule has 0 bridgehead atoms. The molecule has 0 unspecified atom stereocenters. The fourth-order valence-electron chi connectivity index (χ4n) is 0.879. The molecule has 0 amide bonds. The lowest BCUT2D eigenvalue weighted by atomic mass is 10.4. The zero-order chi connectivity index (χ0) is 12.0. The van der Waals surface area contributed by atoms with Crippen molar-refractivity contribution in [3.63, 3.8) is 0 Å². The monoisotopic (exact) mass is 348 g/mol. The van der Waals surface area contributed by atoms with Crippen LogP contribution in [0.2, 0.25) is 0 Å². The average molecular weight is 350 g/mol. The third-order valence-electron chi connectivity index (χ3n) is 1.65. The van der Waals surface area contributed by atoms with E-state index in [0.29, 0.717) is 8.95 Å². The van der Waals surface area contributed by atoms with Crippen molar-refractivity contribution in [2.75, 3.05) is 0 Å². The second-order valence-corrected chi connectivity index (χ2v) is 4.54. The molecule has 16 heavy (non-hydrogen) atoms. The van der Waals surface area contributed by atoms with E-state index in [1.54, 1.807) is 36.4 Å². The van der Waals surface area contributed by atoms with Crippen LogP contribution in [0.5, 0.6) is 0 Å². The van der Waals surface area contributed by atoms with E-state index in [0.717, 1.165) is 0 Å². The van der Waals surface area contributed by atoms with Crippen LogP contribution in [-0.2, 0) is 0 Å². The Labute approximate surface area is 110 Å². The summed E-state index contributed by atoms with van der Waals surface area (Å²) in [7, 11) is 0. The summed E-state index contributed by atoms with van der Waals surface area (Å²) in [6.45, 7) is 0. The predicted octanol–water partition coefficient (Wildman–Crippen LogP) is 5.18. The fourth-order valence-corrected chi connectivity index (χ4v) is 1.45. The Morgan fingerprint density at radius 1 is 0.625 bits per heavy atom. The average Bonchev–Trinajstić information content (AvgIpc) is 2.28. The molecular formula is C12H8Br2F2. The first-order chi connectivity index (χ1) is 7.61. The largest absolute Gasteiger partial charge is 0.206 e. The molecule has 2 aromatic carbocycles. The van der Waals surface area contributed by atoms with Crippen molar-refractivity contribution >= 4 is 31.9 Å². The van der Waals surface area contributed by atoms with Gasteiger partial charge >= 0.3 is 0 Å². The zero-order valence-corrected chi connectivity index (χ0v) is 11.3. The van der Waals surface area contributed by atoms with Gasteiger partial charge in [-0.05, 0) is 56.1 Å². The first kappa shape index (κ1) is 13.3. The first-order valence-corrected chi connectivity index (χ1v) is 6.00. The van der Waals surface area contributed by atoms with Crippen LogP contribution in [0.1, 0.15) is 0 Å². The molecule has 0 fully saturated rings. The highest BCUT2D eigenvalue weighted by Crippen LogP contribution is 2.13. The minimum Gasteiger partial charge on any atom is -0.206 e. The quantitative estimate of drug-likeness (QED) is 0.615. The molecule has 2 aromatic rings. The van der Waals surface area contributed by atoms with Gasteiger partial charge in [-0.15, -0.1) is 0 Å². The Morgan fingerprint density at radius 3 is 1.12 bits per heavy atom. The second kappa shape index (κ2) is 6.76. The number of hydrogen-bond donors (Lipinski definition) is 0.